The molecule has 0 aromatic rings. The molecule has 7 heteroatoms. The van der Waals surface area contributed by atoms with Gasteiger partial charge in [-0.1, -0.05) is 0 Å². The van der Waals surface area contributed by atoms with E-state index in [1.165, 1.54) is 0 Å². The molecule has 0 aliphatic rings. The first-order valence-electron chi connectivity index (χ1n) is 0.730. The van der Waals surface area contributed by atoms with Crippen molar-refractivity contribution in [2.24, 2.45) is 0 Å². The second-order valence-electron chi connectivity index (χ2n) is 0.447. The zero-order chi connectivity index (χ0) is 4.50. The topological polar surface area (TPSA) is 86.2 Å². The molecule has 0 aromatic carbocycles. The summed E-state index contributed by atoms with van der Waals surface area (Å²) < 4.78 is 8.55. The standard InChI is InChI=1S/H3O4P.H3P.Sn/c1-5(2,3)4;;/h(H3,1,2,3,4);1H3;/q;;+4/p-3. The maximum atomic E-state index is 8.55. The summed E-state index contributed by atoms with van der Waals surface area (Å²) in [7, 11) is -5.39. The van der Waals surface area contributed by atoms with E-state index >= 15 is 0 Å². The van der Waals surface area contributed by atoms with Crippen LogP contribution in [-0.4, -0.2) is 23.9 Å². The molecule has 0 saturated heterocycles. The van der Waals surface area contributed by atoms with E-state index in [0.717, 1.165) is 0 Å². The van der Waals surface area contributed by atoms with Crippen molar-refractivity contribution in [2.75, 3.05) is 0 Å². The van der Waals surface area contributed by atoms with Gasteiger partial charge >= 0.3 is 23.9 Å². The second-order valence-corrected chi connectivity index (χ2v) is 1.34. The van der Waals surface area contributed by atoms with Crippen molar-refractivity contribution in [3.63, 3.8) is 0 Å². The Bertz CT molecular complexity index is 55.8. The third-order valence-electron chi connectivity index (χ3n) is 0. The minimum atomic E-state index is -5.39. The summed E-state index contributed by atoms with van der Waals surface area (Å²) in [6, 6.07) is 0. The zero-order valence-electron chi connectivity index (χ0n) is 3.29. The van der Waals surface area contributed by atoms with Gasteiger partial charge in [-0.15, -0.1) is 0 Å². The summed E-state index contributed by atoms with van der Waals surface area (Å²) >= 11 is 0. The Morgan fingerprint density at radius 3 is 1.14 bits per heavy atom. The summed E-state index contributed by atoms with van der Waals surface area (Å²) in [5, 5.41) is 0. The summed E-state index contributed by atoms with van der Waals surface area (Å²) in [5.41, 5.74) is 0. The maximum Gasteiger partial charge on any atom is 4.00 e. The van der Waals surface area contributed by atoms with Crippen molar-refractivity contribution < 1.29 is 19.2 Å². The summed E-state index contributed by atoms with van der Waals surface area (Å²) in [6.45, 7) is 0. The van der Waals surface area contributed by atoms with E-state index in [2.05, 4.69) is 0 Å². The van der Waals surface area contributed by atoms with E-state index in [9.17, 15) is 0 Å². The Hall–Kier alpha value is 1.34. The molecule has 0 aromatic heterocycles. The third kappa shape index (κ3) is 117. The third-order valence-corrected chi connectivity index (χ3v) is 0. The van der Waals surface area contributed by atoms with Crippen LogP contribution in [0.1, 0.15) is 0 Å². The summed E-state index contributed by atoms with van der Waals surface area (Å²) in [5.74, 6) is 0. The minimum absolute atomic E-state index is 0. The van der Waals surface area contributed by atoms with E-state index < -0.39 is 7.82 Å². The predicted octanol–water partition coefficient (Wildman–Crippen LogP) is -3.15. The monoisotopic (exact) mass is 249 g/mol. The predicted molar refractivity (Wildman–Crippen MR) is 24.5 cm³/mol. The Morgan fingerprint density at radius 2 is 1.14 bits per heavy atom. The second kappa shape index (κ2) is 5.47. The van der Waals surface area contributed by atoms with Gasteiger partial charge in [-0.3, -0.25) is 0 Å². The van der Waals surface area contributed by atoms with Crippen LogP contribution in [0, 0.1) is 0 Å². The van der Waals surface area contributed by atoms with Crippen LogP contribution in [0.15, 0.2) is 0 Å². The van der Waals surface area contributed by atoms with Gasteiger partial charge in [-0.25, -0.2) is 0 Å². The van der Waals surface area contributed by atoms with Gasteiger partial charge in [0.05, 0.1) is 0 Å². The molecule has 0 radical (unpaired) electrons. The van der Waals surface area contributed by atoms with Crippen molar-refractivity contribution in [3.05, 3.63) is 0 Å². The van der Waals surface area contributed by atoms with Gasteiger partial charge in [-0.2, -0.15) is 17.7 Å². The van der Waals surface area contributed by atoms with Crippen LogP contribution < -0.4 is 14.7 Å². The number of hydrogen-bond acceptors (Lipinski definition) is 4. The molecule has 0 amide bonds. The van der Waals surface area contributed by atoms with Crippen molar-refractivity contribution in [1.29, 1.82) is 0 Å². The van der Waals surface area contributed by atoms with Crippen molar-refractivity contribution in [1.82, 2.24) is 0 Å². The Kier molecular flexibility index (Phi) is 12.3. The fourth-order valence-corrected chi connectivity index (χ4v) is 0. The smallest absolute Gasteiger partial charge is 0.822 e. The zero-order valence-corrected chi connectivity index (χ0v) is 8.45. The van der Waals surface area contributed by atoms with Crippen LogP contribution in [0.2, 0.25) is 0 Å². The molecule has 1 unspecified atom stereocenters. The van der Waals surface area contributed by atoms with E-state index in [1.54, 1.807) is 0 Å². The van der Waals surface area contributed by atoms with E-state index in [1.807, 2.05) is 0 Å². The molecule has 0 heterocycles. The fourth-order valence-electron chi connectivity index (χ4n) is 0. The van der Waals surface area contributed by atoms with Crippen LogP contribution in [0.25, 0.3) is 0 Å². The van der Waals surface area contributed by atoms with Gasteiger partial charge in [0.2, 0.25) is 0 Å². The van der Waals surface area contributed by atoms with Gasteiger partial charge < -0.3 is 19.2 Å². The SMILES string of the molecule is O=P([O-])([O-])[O-].P.[Sn+4]. The molecule has 0 bridgehead atoms. The molecule has 0 N–H and O–H groups in total. The number of rotatable bonds is 0. The molecule has 1 atom stereocenters. The fraction of sp³-hybridized carbons (Fsp3) is 0. The molecule has 0 spiro atoms. The van der Waals surface area contributed by atoms with Crippen LogP contribution in [0.3, 0.4) is 0 Å². The molecule has 0 rings (SSSR count). The van der Waals surface area contributed by atoms with Crippen LogP contribution in [0.4, 0.5) is 0 Å². The van der Waals surface area contributed by atoms with Crippen molar-refractivity contribution in [2.45, 2.75) is 0 Å². The average molecular weight is 248 g/mol. The largest absolute Gasteiger partial charge is 4.00 e. The average Bonchev–Trinajstić information content (AvgIpc) is 0.722. The maximum absolute atomic E-state index is 8.55. The molecule has 0 aliphatic heterocycles. The summed E-state index contributed by atoms with van der Waals surface area (Å²) in [4.78, 5) is 25.6. The van der Waals surface area contributed by atoms with Gasteiger partial charge in [0.15, 0.2) is 0 Å². The van der Waals surface area contributed by atoms with Crippen LogP contribution in [0.5, 0.6) is 0 Å². The molecular formula is H3O4P2Sn+. The molecule has 0 saturated carbocycles. The molecule has 7 heavy (non-hydrogen) atoms. The Labute approximate surface area is 61.1 Å². The number of phosphoric acid groups is 1. The Morgan fingerprint density at radius 1 is 1.14 bits per heavy atom. The molecule has 40 valence electrons. The van der Waals surface area contributed by atoms with Gasteiger partial charge in [0.25, 0.3) is 0 Å². The van der Waals surface area contributed by atoms with Gasteiger partial charge in [0.1, 0.15) is 0 Å². The van der Waals surface area contributed by atoms with Gasteiger partial charge in [0, 0.05) is 0 Å². The van der Waals surface area contributed by atoms with Crippen LogP contribution >= 0.6 is 17.7 Å². The van der Waals surface area contributed by atoms with Gasteiger partial charge in [-0.05, 0) is 0 Å². The molecule has 4 nitrogen and oxygen atoms in total. The van der Waals surface area contributed by atoms with E-state index in [4.69, 9.17) is 19.2 Å². The van der Waals surface area contributed by atoms with Crippen LogP contribution in [-0.2, 0) is 4.57 Å². The molecular weight excluding hydrogens is 245 g/mol. The minimum Gasteiger partial charge on any atom is -0.822 e. The molecule has 0 fully saturated rings. The van der Waals surface area contributed by atoms with E-state index in [0.29, 0.717) is 0 Å². The Balaban J connectivity index is -0.0000000800. The van der Waals surface area contributed by atoms with Crippen molar-refractivity contribution in [3.8, 4) is 0 Å². The first-order chi connectivity index (χ1) is 2.00. The first-order valence-corrected chi connectivity index (χ1v) is 2.19. The molecule has 0 aliphatic carbocycles. The summed E-state index contributed by atoms with van der Waals surface area (Å²) in [6.07, 6.45) is 0. The first kappa shape index (κ1) is 15.8. The quantitative estimate of drug-likeness (QED) is 0.334. The number of hydrogen-bond donors (Lipinski definition) is 0. The normalized spacial score (nSPS) is 8.43. The van der Waals surface area contributed by atoms with Crippen molar-refractivity contribution >= 4 is 41.6 Å². The van der Waals surface area contributed by atoms with E-state index in [-0.39, 0.29) is 33.8 Å².